The molecule has 0 aliphatic heterocycles. The van der Waals surface area contributed by atoms with E-state index in [-0.39, 0.29) is 11.8 Å². The van der Waals surface area contributed by atoms with Gasteiger partial charge in [0.05, 0.1) is 13.0 Å². The van der Waals surface area contributed by atoms with E-state index >= 15 is 0 Å². The lowest BCUT2D eigenvalue weighted by atomic mass is 9.98. The number of primary amides is 1. The molecule has 0 saturated carbocycles. The summed E-state index contributed by atoms with van der Waals surface area (Å²) < 4.78 is 5.12. The molecule has 104 valence electrons. The third-order valence-electron chi connectivity index (χ3n) is 3.22. The van der Waals surface area contributed by atoms with Crippen molar-refractivity contribution in [1.82, 2.24) is 0 Å². The lowest BCUT2D eigenvalue weighted by Gasteiger charge is -2.15. The molecule has 0 bridgehead atoms. The van der Waals surface area contributed by atoms with Gasteiger partial charge in [0, 0.05) is 11.4 Å². The number of carbonyl (C=O) groups excluding carboxylic acids is 1. The second-order valence-electron chi connectivity index (χ2n) is 4.56. The second kappa shape index (κ2) is 6.10. The van der Waals surface area contributed by atoms with Gasteiger partial charge in [-0.1, -0.05) is 18.2 Å². The molecule has 0 heterocycles. The predicted octanol–water partition coefficient (Wildman–Crippen LogP) is 3.03. The molecule has 3 N–H and O–H groups in total. The summed E-state index contributed by atoms with van der Waals surface area (Å²) in [5.41, 5.74) is 8.07. The van der Waals surface area contributed by atoms with Crippen LogP contribution in [0.4, 0.5) is 11.4 Å². The van der Waals surface area contributed by atoms with Crippen LogP contribution in [0.15, 0.2) is 48.5 Å². The number of nitrogens with one attached hydrogen (secondary N) is 1. The van der Waals surface area contributed by atoms with E-state index in [1.807, 2.05) is 48.5 Å². The number of nitrogens with two attached hydrogens (primary N) is 1. The molecule has 0 aliphatic carbocycles. The van der Waals surface area contributed by atoms with Crippen LogP contribution in [0, 0.1) is 0 Å². The van der Waals surface area contributed by atoms with Gasteiger partial charge >= 0.3 is 0 Å². The van der Waals surface area contributed by atoms with Crippen molar-refractivity contribution in [3.05, 3.63) is 54.1 Å². The molecule has 1 amide bonds. The van der Waals surface area contributed by atoms with Crippen molar-refractivity contribution in [2.45, 2.75) is 12.8 Å². The fourth-order valence-electron chi connectivity index (χ4n) is 1.97. The van der Waals surface area contributed by atoms with Crippen molar-refractivity contribution >= 4 is 17.3 Å². The van der Waals surface area contributed by atoms with E-state index < -0.39 is 0 Å². The van der Waals surface area contributed by atoms with Crippen LogP contribution in [0.5, 0.6) is 5.75 Å². The van der Waals surface area contributed by atoms with E-state index in [1.54, 1.807) is 14.0 Å². The average molecular weight is 270 g/mol. The van der Waals surface area contributed by atoms with Crippen molar-refractivity contribution < 1.29 is 9.53 Å². The zero-order valence-corrected chi connectivity index (χ0v) is 11.6. The minimum Gasteiger partial charge on any atom is -0.497 e. The Balaban J connectivity index is 2.26. The van der Waals surface area contributed by atoms with E-state index in [1.165, 1.54) is 0 Å². The molecule has 4 nitrogen and oxygen atoms in total. The van der Waals surface area contributed by atoms with Crippen LogP contribution in [-0.4, -0.2) is 13.0 Å². The number of anilines is 2. The highest BCUT2D eigenvalue weighted by molar-refractivity contribution is 5.84. The molecule has 2 aromatic rings. The monoisotopic (exact) mass is 270 g/mol. The summed E-state index contributed by atoms with van der Waals surface area (Å²) >= 11 is 0. The largest absolute Gasteiger partial charge is 0.497 e. The molecule has 2 rings (SSSR count). The summed E-state index contributed by atoms with van der Waals surface area (Å²) in [7, 11) is 1.63. The van der Waals surface area contributed by atoms with Crippen molar-refractivity contribution in [1.29, 1.82) is 0 Å². The maximum atomic E-state index is 11.4. The first-order valence-corrected chi connectivity index (χ1v) is 6.41. The number of benzene rings is 2. The molecule has 4 heteroatoms. The Morgan fingerprint density at radius 3 is 2.40 bits per heavy atom. The smallest absolute Gasteiger partial charge is 0.224 e. The third-order valence-corrected chi connectivity index (χ3v) is 3.22. The Morgan fingerprint density at radius 1 is 1.15 bits per heavy atom. The lowest BCUT2D eigenvalue weighted by molar-refractivity contribution is -0.119. The minimum absolute atomic E-state index is 0.336. The Morgan fingerprint density at radius 2 is 1.80 bits per heavy atom. The quantitative estimate of drug-likeness (QED) is 0.877. The number of ether oxygens (including phenoxy) is 1. The summed E-state index contributed by atoms with van der Waals surface area (Å²) in [6.45, 7) is 1.80. The fourth-order valence-corrected chi connectivity index (χ4v) is 1.97. The normalized spacial score (nSPS) is 11.7. The fraction of sp³-hybridized carbons (Fsp3) is 0.188. The zero-order chi connectivity index (χ0) is 14.5. The molecule has 20 heavy (non-hydrogen) atoms. The van der Waals surface area contributed by atoms with Crippen LogP contribution in [0.1, 0.15) is 18.4 Å². The first-order chi connectivity index (χ1) is 9.61. The highest BCUT2D eigenvalue weighted by Gasteiger charge is 2.15. The highest BCUT2D eigenvalue weighted by atomic mass is 16.5. The molecular weight excluding hydrogens is 252 g/mol. The predicted molar refractivity (Wildman–Crippen MR) is 80.3 cm³/mol. The molecular formula is C16H18N2O2. The molecule has 0 aromatic heterocycles. The van der Waals surface area contributed by atoms with Gasteiger partial charge in [-0.3, -0.25) is 4.79 Å². The van der Waals surface area contributed by atoms with Gasteiger partial charge in [-0.05, 0) is 42.8 Å². The highest BCUT2D eigenvalue weighted by Crippen LogP contribution is 2.27. The van der Waals surface area contributed by atoms with Crippen LogP contribution in [0.25, 0.3) is 0 Å². The molecule has 1 unspecified atom stereocenters. The molecule has 0 fully saturated rings. The Hall–Kier alpha value is -2.49. The zero-order valence-electron chi connectivity index (χ0n) is 11.6. The van der Waals surface area contributed by atoms with Crippen LogP contribution < -0.4 is 15.8 Å². The number of carbonyl (C=O) groups is 1. The SMILES string of the molecule is COc1ccc(Nc2ccccc2C(C)C(N)=O)cc1. The number of methoxy groups -OCH3 is 1. The Kier molecular flexibility index (Phi) is 4.25. The van der Waals surface area contributed by atoms with Crippen molar-refractivity contribution in [2.24, 2.45) is 5.73 Å². The number of hydrogen-bond acceptors (Lipinski definition) is 3. The van der Waals surface area contributed by atoms with Crippen LogP contribution in [0.3, 0.4) is 0 Å². The van der Waals surface area contributed by atoms with E-state index in [0.29, 0.717) is 0 Å². The van der Waals surface area contributed by atoms with Gasteiger partial charge in [-0.2, -0.15) is 0 Å². The summed E-state index contributed by atoms with van der Waals surface area (Å²) in [6.07, 6.45) is 0. The number of para-hydroxylation sites is 1. The Labute approximate surface area is 118 Å². The van der Waals surface area contributed by atoms with Crippen molar-refractivity contribution in [3.63, 3.8) is 0 Å². The molecule has 0 saturated heterocycles. The van der Waals surface area contributed by atoms with Gasteiger partial charge in [0.1, 0.15) is 5.75 Å². The third kappa shape index (κ3) is 3.09. The summed E-state index contributed by atoms with van der Waals surface area (Å²) in [5, 5.41) is 3.30. The summed E-state index contributed by atoms with van der Waals surface area (Å²) in [6, 6.07) is 15.2. The topological polar surface area (TPSA) is 64.3 Å². The van der Waals surface area contributed by atoms with E-state index in [2.05, 4.69) is 5.32 Å². The molecule has 0 radical (unpaired) electrons. The second-order valence-corrected chi connectivity index (χ2v) is 4.56. The first kappa shape index (κ1) is 13.9. The number of amides is 1. The van der Waals surface area contributed by atoms with Gasteiger partial charge in [-0.15, -0.1) is 0 Å². The van der Waals surface area contributed by atoms with Gasteiger partial charge in [-0.25, -0.2) is 0 Å². The maximum Gasteiger partial charge on any atom is 0.224 e. The summed E-state index contributed by atoms with van der Waals surface area (Å²) in [5.74, 6) is 0.125. The standard InChI is InChI=1S/C16H18N2O2/c1-11(16(17)19)14-5-3-4-6-15(14)18-12-7-9-13(20-2)10-8-12/h3-11,18H,1-2H3,(H2,17,19). The average Bonchev–Trinajstić information content (AvgIpc) is 2.48. The molecule has 0 spiro atoms. The van der Waals surface area contributed by atoms with Crippen molar-refractivity contribution in [3.8, 4) is 5.75 Å². The van der Waals surface area contributed by atoms with Gasteiger partial charge in [0.15, 0.2) is 0 Å². The van der Waals surface area contributed by atoms with Crippen molar-refractivity contribution in [2.75, 3.05) is 12.4 Å². The molecule has 1 atom stereocenters. The maximum absolute atomic E-state index is 11.4. The molecule has 2 aromatic carbocycles. The number of hydrogen-bond donors (Lipinski definition) is 2. The van der Waals surface area contributed by atoms with E-state index in [9.17, 15) is 4.79 Å². The van der Waals surface area contributed by atoms with E-state index in [4.69, 9.17) is 10.5 Å². The van der Waals surface area contributed by atoms with Crippen LogP contribution in [-0.2, 0) is 4.79 Å². The van der Waals surface area contributed by atoms with Crippen LogP contribution >= 0.6 is 0 Å². The molecule has 0 aliphatic rings. The van der Waals surface area contributed by atoms with E-state index in [0.717, 1.165) is 22.7 Å². The van der Waals surface area contributed by atoms with Crippen LogP contribution in [0.2, 0.25) is 0 Å². The first-order valence-electron chi connectivity index (χ1n) is 6.41. The minimum atomic E-state index is -0.339. The van der Waals surface area contributed by atoms with Gasteiger partial charge in [0.25, 0.3) is 0 Å². The number of rotatable bonds is 5. The Bertz CT molecular complexity index is 594. The summed E-state index contributed by atoms with van der Waals surface area (Å²) in [4.78, 5) is 11.4. The van der Waals surface area contributed by atoms with Gasteiger partial charge < -0.3 is 15.8 Å². The van der Waals surface area contributed by atoms with Gasteiger partial charge in [0.2, 0.25) is 5.91 Å². The lowest BCUT2D eigenvalue weighted by Crippen LogP contribution is -2.19.